The maximum absolute atomic E-state index is 12.6. The quantitative estimate of drug-likeness (QED) is 0.608. The summed E-state index contributed by atoms with van der Waals surface area (Å²) in [6.07, 6.45) is 0.569. The summed E-state index contributed by atoms with van der Waals surface area (Å²) < 4.78 is 11.6. The zero-order chi connectivity index (χ0) is 25.2. The minimum absolute atomic E-state index is 0.292. The van der Waals surface area contributed by atoms with E-state index < -0.39 is 17.7 Å². The van der Waals surface area contributed by atoms with E-state index in [1.54, 1.807) is 19.9 Å². The Morgan fingerprint density at radius 2 is 2.09 bits per heavy atom. The number of aliphatic hydroxyl groups is 1. The van der Waals surface area contributed by atoms with Gasteiger partial charge in [-0.25, -0.2) is 0 Å². The van der Waals surface area contributed by atoms with E-state index >= 15 is 0 Å². The first kappa shape index (κ1) is 24.7. The summed E-state index contributed by atoms with van der Waals surface area (Å²) in [5.41, 5.74) is 4.36. The number of amides is 1. The lowest BCUT2D eigenvalue weighted by Gasteiger charge is -2.27. The first-order valence-electron chi connectivity index (χ1n) is 11.8. The lowest BCUT2D eigenvalue weighted by molar-refractivity contribution is -0.132. The molecule has 4 rings (SSSR count). The predicted octanol–water partition coefficient (Wildman–Crippen LogP) is 2.58. The average molecular weight is 475 g/mol. The molecule has 35 heavy (non-hydrogen) atoms. The summed E-state index contributed by atoms with van der Waals surface area (Å²) in [6.45, 7) is 7.33. The number of nitrogens with one attached hydrogen (secondary N) is 2. The topological polar surface area (TPSA) is 127 Å². The number of carbonyl (C=O) groups is 1. The second-order valence-electron chi connectivity index (χ2n) is 9.60. The fourth-order valence-corrected chi connectivity index (χ4v) is 4.55. The Morgan fingerprint density at radius 1 is 1.29 bits per heavy atom. The maximum atomic E-state index is 12.6. The molecule has 2 atom stereocenters. The van der Waals surface area contributed by atoms with Crippen LogP contribution < -0.4 is 15.4 Å². The molecule has 2 aliphatic heterocycles. The molecule has 0 aromatic heterocycles. The maximum Gasteiger partial charge on any atom is 0.251 e. The summed E-state index contributed by atoms with van der Waals surface area (Å²) in [6, 6.07) is 11.2. The van der Waals surface area contributed by atoms with Crippen molar-refractivity contribution in [1.82, 2.24) is 10.6 Å². The molecule has 0 radical (unpaired) electrons. The zero-order valence-electron chi connectivity index (χ0n) is 20.3. The third-order valence-corrected chi connectivity index (χ3v) is 6.47. The summed E-state index contributed by atoms with van der Waals surface area (Å²) >= 11 is 0. The van der Waals surface area contributed by atoms with Crippen molar-refractivity contribution in [3.8, 4) is 29.0 Å². The number of hydrogen-bond donors (Lipinski definition) is 3. The van der Waals surface area contributed by atoms with Crippen LogP contribution >= 0.6 is 0 Å². The SMILES string of the molecule is Cc1cc2c(cc1CC(C#N)NC(=O)[C@@H]1CNCCCO1)OCc1cc(C#N)c(C(C)(C)O)cc1-2. The molecule has 1 fully saturated rings. The van der Waals surface area contributed by atoms with E-state index in [4.69, 9.17) is 9.47 Å². The smallest absolute Gasteiger partial charge is 0.251 e. The van der Waals surface area contributed by atoms with Crippen LogP contribution in [0.4, 0.5) is 0 Å². The molecule has 0 saturated carbocycles. The van der Waals surface area contributed by atoms with Gasteiger partial charge >= 0.3 is 0 Å². The Hall–Kier alpha value is -3.43. The highest BCUT2D eigenvalue weighted by molar-refractivity contribution is 5.82. The highest BCUT2D eigenvalue weighted by Gasteiger charge is 2.28. The fraction of sp³-hybridized carbons (Fsp3) is 0.444. The highest BCUT2D eigenvalue weighted by atomic mass is 16.5. The van der Waals surface area contributed by atoms with Crippen LogP contribution in [-0.4, -0.2) is 42.9 Å². The molecule has 8 heteroatoms. The van der Waals surface area contributed by atoms with Crippen LogP contribution in [0, 0.1) is 29.6 Å². The molecule has 2 heterocycles. The van der Waals surface area contributed by atoms with E-state index in [2.05, 4.69) is 22.8 Å². The molecular weight excluding hydrogens is 444 g/mol. The Kier molecular flexibility index (Phi) is 7.09. The fourth-order valence-electron chi connectivity index (χ4n) is 4.55. The molecule has 3 N–H and O–H groups in total. The van der Waals surface area contributed by atoms with Gasteiger partial charge in [0, 0.05) is 30.7 Å². The van der Waals surface area contributed by atoms with Crippen LogP contribution in [-0.2, 0) is 28.2 Å². The van der Waals surface area contributed by atoms with Crippen molar-refractivity contribution in [3.05, 3.63) is 52.1 Å². The monoisotopic (exact) mass is 474 g/mol. The lowest BCUT2D eigenvalue weighted by atomic mass is 9.85. The predicted molar refractivity (Wildman–Crippen MR) is 129 cm³/mol. The molecule has 2 aliphatic rings. The Bertz CT molecular complexity index is 1210. The number of rotatable bonds is 5. The summed E-state index contributed by atoms with van der Waals surface area (Å²) in [5, 5.41) is 35.8. The molecular formula is C27H30N4O4. The minimum atomic E-state index is -1.16. The third-order valence-electron chi connectivity index (χ3n) is 6.47. The van der Waals surface area contributed by atoms with Crippen molar-refractivity contribution in [2.24, 2.45) is 0 Å². The van der Waals surface area contributed by atoms with Gasteiger partial charge in [-0.2, -0.15) is 10.5 Å². The van der Waals surface area contributed by atoms with Crippen LogP contribution in [0.2, 0.25) is 0 Å². The second-order valence-corrected chi connectivity index (χ2v) is 9.60. The normalized spacial score (nSPS) is 18.1. The first-order chi connectivity index (χ1) is 16.7. The van der Waals surface area contributed by atoms with E-state index in [1.165, 1.54) is 0 Å². The second kappa shape index (κ2) is 10.1. The van der Waals surface area contributed by atoms with Crippen LogP contribution in [0.25, 0.3) is 11.1 Å². The van der Waals surface area contributed by atoms with Crippen LogP contribution in [0.5, 0.6) is 5.75 Å². The molecule has 0 aliphatic carbocycles. The number of aryl methyl sites for hydroxylation is 1. The lowest BCUT2D eigenvalue weighted by Crippen LogP contribution is -2.46. The molecule has 1 unspecified atom stereocenters. The van der Waals surface area contributed by atoms with Crippen molar-refractivity contribution < 1.29 is 19.4 Å². The summed E-state index contributed by atoms with van der Waals surface area (Å²) in [7, 11) is 0. The largest absolute Gasteiger partial charge is 0.488 e. The Morgan fingerprint density at radius 3 is 2.80 bits per heavy atom. The number of fused-ring (bicyclic) bond motifs is 3. The Balaban J connectivity index is 1.59. The standard InChI is InChI=1S/C27H30N4O4/c1-16-7-22-21-11-23(27(2,3)33)18(12-28)8-19(21)15-35-24(22)10-17(16)9-20(13-29)31-26(32)25-14-30-5-4-6-34-25/h7-8,10-11,20,25,30,33H,4-6,9,14-15H2,1-3H3,(H,31,32)/t20?,25-/m0/s1. The minimum Gasteiger partial charge on any atom is -0.488 e. The summed E-state index contributed by atoms with van der Waals surface area (Å²) in [5.74, 6) is 0.378. The van der Waals surface area contributed by atoms with Gasteiger partial charge in [-0.05, 0) is 80.3 Å². The molecule has 1 amide bonds. The molecule has 182 valence electrons. The van der Waals surface area contributed by atoms with Gasteiger partial charge in [-0.15, -0.1) is 0 Å². The van der Waals surface area contributed by atoms with Crippen molar-refractivity contribution in [2.45, 2.75) is 58.0 Å². The van der Waals surface area contributed by atoms with E-state index in [0.717, 1.165) is 40.8 Å². The van der Waals surface area contributed by atoms with Crippen LogP contribution in [0.15, 0.2) is 24.3 Å². The molecule has 0 bridgehead atoms. The zero-order valence-corrected chi connectivity index (χ0v) is 20.3. The van der Waals surface area contributed by atoms with Crippen molar-refractivity contribution in [3.63, 3.8) is 0 Å². The van der Waals surface area contributed by atoms with Crippen molar-refractivity contribution in [1.29, 1.82) is 10.5 Å². The van der Waals surface area contributed by atoms with Crippen LogP contribution in [0.1, 0.15) is 48.1 Å². The van der Waals surface area contributed by atoms with Gasteiger partial charge in [0.05, 0.1) is 23.3 Å². The first-order valence-corrected chi connectivity index (χ1v) is 11.8. The molecule has 1 saturated heterocycles. The van der Waals surface area contributed by atoms with E-state index in [1.807, 2.05) is 25.1 Å². The van der Waals surface area contributed by atoms with Crippen molar-refractivity contribution in [2.75, 3.05) is 19.7 Å². The van der Waals surface area contributed by atoms with Crippen LogP contribution in [0.3, 0.4) is 0 Å². The molecule has 2 aromatic carbocycles. The van der Waals surface area contributed by atoms with E-state index in [0.29, 0.717) is 43.1 Å². The average Bonchev–Trinajstić information content (AvgIpc) is 3.12. The van der Waals surface area contributed by atoms with Crippen molar-refractivity contribution >= 4 is 5.91 Å². The number of hydrogen-bond acceptors (Lipinski definition) is 7. The number of nitrogens with zero attached hydrogens (tertiary/aromatic N) is 2. The van der Waals surface area contributed by atoms with E-state index in [-0.39, 0.29) is 5.91 Å². The van der Waals surface area contributed by atoms with Gasteiger partial charge in [0.1, 0.15) is 24.5 Å². The number of benzene rings is 2. The molecule has 8 nitrogen and oxygen atoms in total. The number of nitriles is 2. The van der Waals surface area contributed by atoms with Gasteiger partial charge in [0.25, 0.3) is 5.91 Å². The molecule has 2 aromatic rings. The number of ether oxygens (including phenoxy) is 2. The van der Waals surface area contributed by atoms with E-state index in [9.17, 15) is 20.4 Å². The van der Waals surface area contributed by atoms with Gasteiger partial charge < -0.3 is 25.2 Å². The van der Waals surface area contributed by atoms with Gasteiger partial charge in [-0.1, -0.05) is 0 Å². The van der Waals surface area contributed by atoms with Gasteiger partial charge in [-0.3, -0.25) is 4.79 Å². The Labute approximate surface area is 205 Å². The molecule has 0 spiro atoms. The third kappa shape index (κ3) is 5.31. The highest BCUT2D eigenvalue weighted by Crippen LogP contribution is 2.42. The number of carbonyl (C=O) groups excluding carboxylic acids is 1. The van der Waals surface area contributed by atoms with Gasteiger partial charge in [0.15, 0.2) is 0 Å². The summed E-state index contributed by atoms with van der Waals surface area (Å²) in [4.78, 5) is 12.6. The van der Waals surface area contributed by atoms with Gasteiger partial charge in [0.2, 0.25) is 0 Å².